The van der Waals surface area contributed by atoms with Crippen LogP contribution in [0.3, 0.4) is 0 Å². The zero-order valence-corrected chi connectivity index (χ0v) is 9.27. The zero-order valence-electron chi connectivity index (χ0n) is 7.69. The molecule has 0 saturated heterocycles. The van der Waals surface area contributed by atoms with E-state index in [0.717, 1.165) is 0 Å². The van der Waals surface area contributed by atoms with Gasteiger partial charge in [0.05, 0.1) is 0 Å². The van der Waals surface area contributed by atoms with Crippen LogP contribution in [0.25, 0.3) is 0 Å². The van der Waals surface area contributed by atoms with E-state index in [4.69, 9.17) is 0 Å². The third-order valence-corrected chi connectivity index (χ3v) is 3.20. The maximum absolute atomic E-state index is 3.58. The fourth-order valence-corrected chi connectivity index (χ4v) is 1.77. The SMILES string of the molecule is CNC(C)c1cccc(C)c1Br. The van der Waals surface area contributed by atoms with Crippen LogP contribution in [0.4, 0.5) is 0 Å². The summed E-state index contributed by atoms with van der Waals surface area (Å²) in [4.78, 5) is 0. The fraction of sp³-hybridized carbons (Fsp3) is 0.400. The van der Waals surface area contributed by atoms with Crippen molar-refractivity contribution in [3.05, 3.63) is 33.8 Å². The molecule has 0 amide bonds. The molecule has 1 N–H and O–H groups in total. The number of hydrogen-bond acceptors (Lipinski definition) is 1. The van der Waals surface area contributed by atoms with Gasteiger partial charge in [0, 0.05) is 10.5 Å². The van der Waals surface area contributed by atoms with E-state index >= 15 is 0 Å². The van der Waals surface area contributed by atoms with Gasteiger partial charge in [-0.2, -0.15) is 0 Å². The lowest BCUT2D eigenvalue weighted by molar-refractivity contribution is 0.649. The van der Waals surface area contributed by atoms with E-state index < -0.39 is 0 Å². The lowest BCUT2D eigenvalue weighted by atomic mass is 10.1. The Labute approximate surface area is 82.3 Å². The summed E-state index contributed by atoms with van der Waals surface area (Å²) < 4.78 is 1.21. The maximum atomic E-state index is 3.58. The first kappa shape index (κ1) is 9.75. The molecule has 1 unspecified atom stereocenters. The Morgan fingerprint density at radius 2 is 2.08 bits per heavy atom. The van der Waals surface area contributed by atoms with Crippen LogP contribution in [0.15, 0.2) is 22.7 Å². The van der Waals surface area contributed by atoms with Gasteiger partial charge in [0.1, 0.15) is 0 Å². The Kier molecular flexibility index (Phi) is 3.29. The maximum Gasteiger partial charge on any atom is 0.0300 e. The molecule has 2 heteroatoms. The van der Waals surface area contributed by atoms with E-state index in [9.17, 15) is 0 Å². The normalized spacial score (nSPS) is 13.0. The largest absolute Gasteiger partial charge is 0.313 e. The Bertz CT molecular complexity index is 271. The molecule has 0 spiro atoms. The van der Waals surface area contributed by atoms with Crippen LogP contribution < -0.4 is 5.32 Å². The van der Waals surface area contributed by atoms with Gasteiger partial charge in [-0.05, 0) is 32.0 Å². The fourth-order valence-electron chi connectivity index (χ4n) is 1.16. The monoisotopic (exact) mass is 227 g/mol. The summed E-state index contributed by atoms with van der Waals surface area (Å²) in [6.07, 6.45) is 0. The van der Waals surface area contributed by atoms with Crippen LogP contribution in [-0.2, 0) is 0 Å². The van der Waals surface area contributed by atoms with Gasteiger partial charge >= 0.3 is 0 Å². The summed E-state index contributed by atoms with van der Waals surface area (Å²) in [5, 5.41) is 3.22. The topological polar surface area (TPSA) is 12.0 Å². The third kappa shape index (κ3) is 1.87. The molecule has 1 nitrogen and oxygen atoms in total. The van der Waals surface area contributed by atoms with Crippen molar-refractivity contribution >= 4 is 15.9 Å². The van der Waals surface area contributed by atoms with Gasteiger partial charge in [0.15, 0.2) is 0 Å². The second-order valence-electron chi connectivity index (χ2n) is 2.99. The lowest BCUT2D eigenvalue weighted by Gasteiger charge is -2.13. The van der Waals surface area contributed by atoms with Crippen molar-refractivity contribution in [2.75, 3.05) is 7.05 Å². The summed E-state index contributed by atoms with van der Waals surface area (Å²) >= 11 is 3.58. The van der Waals surface area contributed by atoms with E-state index in [0.29, 0.717) is 6.04 Å². The number of halogens is 1. The standard InChI is InChI=1S/C10H14BrN/c1-7-5-4-6-9(10(7)11)8(2)12-3/h4-6,8,12H,1-3H3. The molecule has 12 heavy (non-hydrogen) atoms. The minimum atomic E-state index is 0.402. The first-order valence-electron chi connectivity index (χ1n) is 4.09. The van der Waals surface area contributed by atoms with Crippen LogP contribution in [0.5, 0.6) is 0 Å². The van der Waals surface area contributed by atoms with Crippen molar-refractivity contribution in [3.63, 3.8) is 0 Å². The first-order valence-corrected chi connectivity index (χ1v) is 4.88. The predicted octanol–water partition coefficient (Wildman–Crippen LogP) is 3.04. The molecule has 1 atom stereocenters. The van der Waals surface area contributed by atoms with Crippen molar-refractivity contribution < 1.29 is 0 Å². The van der Waals surface area contributed by atoms with Crippen LogP contribution in [0.2, 0.25) is 0 Å². The summed E-state index contributed by atoms with van der Waals surface area (Å²) in [6, 6.07) is 6.73. The van der Waals surface area contributed by atoms with Gasteiger partial charge in [0.2, 0.25) is 0 Å². The minimum Gasteiger partial charge on any atom is -0.313 e. The van der Waals surface area contributed by atoms with Gasteiger partial charge in [-0.15, -0.1) is 0 Å². The molecule has 0 aliphatic heterocycles. The van der Waals surface area contributed by atoms with E-state index in [1.54, 1.807) is 0 Å². The quantitative estimate of drug-likeness (QED) is 0.820. The van der Waals surface area contributed by atoms with Gasteiger partial charge < -0.3 is 5.32 Å². The van der Waals surface area contributed by atoms with Gasteiger partial charge in [-0.1, -0.05) is 34.1 Å². The van der Waals surface area contributed by atoms with E-state index in [1.165, 1.54) is 15.6 Å². The van der Waals surface area contributed by atoms with Gasteiger partial charge in [0.25, 0.3) is 0 Å². The smallest absolute Gasteiger partial charge is 0.0300 e. The van der Waals surface area contributed by atoms with Gasteiger partial charge in [-0.3, -0.25) is 0 Å². The highest BCUT2D eigenvalue weighted by molar-refractivity contribution is 9.10. The van der Waals surface area contributed by atoms with Crippen LogP contribution in [0, 0.1) is 6.92 Å². The number of benzene rings is 1. The number of rotatable bonds is 2. The summed E-state index contributed by atoms with van der Waals surface area (Å²) in [6.45, 7) is 4.26. The molecule has 0 bridgehead atoms. The number of nitrogens with one attached hydrogen (secondary N) is 1. The molecule has 0 aromatic heterocycles. The zero-order chi connectivity index (χ0) is 9.14. The highest BCUT2D eigenvalue weighted by Crippen LogP contribution is 2.25. The molecule has 1 rings (SSSR count). The molecule has 0 fully saturated rings. The van der Waals surface area contributed by atoms with Crippen molar-refractivity contribution in [3.8, 4) is 0 Å². The molecular formula is C10H14BrN. The second-order valence-corrected chi connectivity index (χ2v) is 3.78. The average molecular weight is 228 g/mol. The molecular weight excluding hydrogens is 214 g/mol. The third-order valence-electron chi connectivity index (χ3n) is 2.12. The summed E-state index contributed by atoms with van der Waals surface area (Å²) in [5.74, 6) is 0. The molecule has 0 saturated carbocycles. The Morgan fingerprint density at radius 1 is 1.42 bits per heavy atom. The Morgan fingerprint density at radius 3 is 2.67 bits per heavy atom. The van der Waals surface area contributed by atoms with Crippen molar-refractivity contribution in [1.29, 1.82) is 0 Å². The molecule has 0 heterocycles. The van der Waals surface area contributed by atoms with Gasteiger partial charge in [-0.25, -0.2) is 0 Å². The Hall–Kier alpha value is -0.340. The van der Waals surface area contributed by atoms with Crippen molar-refractivity contribution in [1.82, 2.24) is 5.32 Å². The predicted molar refractivity (Wildman–Crippen MR) is 56.4 cm³/mol. The highest BCUT2D eigenvalue weighted by atomic mass is 79.9. The molecule has 66 valence electrons. The van der Waals surface area contributed by atoms with E-state index in [2.05, 4.69) is 53.3 Å². The second kappa shape index (κ2) is 4.06. The van der Waals surface area contributed by atoms with Crippen molar-refractivity contribution in [2.24, 2.45) is 0 Å². The minimum absolute atomic E-state index is 0.402. The highest BCUT2D eigenvalue weighted by Gasteiger charge is 2.07. The molecule has 1 aromatic rings. The molecule has 0 aliphatic rings. The summed E-state index contributed by atoms with van der Waals surface area (Å²) in [7, 11) is 1.97. The lowest BCUT2D eigenvalue weighted by Crippen LogP contribution is -2.12. The average Bonchev–Trinajstić information content (AvgIpc) is 2.08. The van der Waals surface area contributed by atoms with E-state index in [1.807, 2.05) is 7.05 Å². The molecule has 0 aliphatic carbocycles. The van der Waals surface area contributed by atoms with E-state index in [-0.39, 0.29) is 0 Å². The van der Waals surface area contributed by atoms with Crippen LogP contribution in [0.1, 0.15) is 24.1 Å². The number of hydrogen-bond donors (Lipinski definition) is 1. The molecule has 0 radical (unpaired) electrons. The molecule has 1 aromatic carbocycles. The summed E-state index contributed by atoms with van der Waals surface area (Å²) in [5.41, 5.74) is 2.60. The van der Waals surface area contributed by atoms with Crippen molar-refractivity contribution in [2.45, 2.75) is 19.9 Å². The first-order chi connectivity index (χ1) is 5.66. The number of aryl methyl sites for hydroxylation is 1. The van der Waals surface area contributed by atoms with Crippen LogP contribution >= 0.6 is 15.9 Å². The Balaban J connectivity index is 3.07. The van der Waals surface area contributed by atoms with Crippen LogP contribution in [-0.4, -0.2) is 7.05 Å².